The largest absolute Gasteiger partial charge is 0.215 e. The van der Waals surface area contributed by atoms with Crippen LogP contribution in [0.4, 0.5) is 0 Å². The molecule has 0 aliphatic rings. The second-order valence-electron chi connectivity index (χ2n) is 6.23. The van der Waals surface area contributed by atoms with Crippen molar-refractivity contribution in [2.75, 3.05) is 6.54 Å². The SMILES string of the molecule is Cc1cccc(CS(=O)(=O)NCCc2csc3nc(-c4cccs4)nn23)c1. The van der Waals surface area contributed by atoms with Crippen LogP contribution < -0.4 is 4.72 Å². The van der Waals surface area contributed by atoms with E-state index in [0.29, 0.717) is 18.8 Å². The van der Waals surface area contributed by atoms with Crippen LogP contribution in [0.3, 0.4) is 0 Å². The number of aryl methyl sites for hydroxylation is 1. The number of rotatable bonds is 7. The fourth-order valence-electron chi connectivity index (χ4n) is 2.81. The number of fused-ring (bicyclic) bond motifs is 1. The Morgan fingerprint density at radius 3 is 2.85 bits per heavy atom. The Balaban J connectivity index is 1.41. The first-order chi connectivity index (χ1) is 13.0. The molecule has 1 aromatic carbocycles. The molecule has 0 spiro atoms. The van der Waals surface area contributed by atoms with Crippen molar-refractivity contribution in [3.63, 3.8) is 0 Å². The second-order valence-corrected chi connectivity index (χ2v) is 9.82. The van der Waals surface area contributed by atoms with Gasteiger partial charge in [-0.1, -0.05) is 35.9 Å². The number of aromatic nitrogens is 3. The summed E-state index contributed by atoms with van der Waals surface area (Å²) in [7, 11) is -3.38. The van der Waals surface area contributed by atoms with Gasteiger partial charge in [0.1, 0.15) is 0 Å². The number of thiazole rings is 1. The topological polar surface area (TPSA) is 76.4 Å². The molecule has 3 aromatic heterocycles. The van der Waals surface area contributed by atoms with Gasteiger partial charge in [0.2, 0.25) is 15.0 Å². The molecule has 0 amide bonds. The zero-order valence-electron chi connectivity index (χ0n) is 14.6. The summed E-state index contributed by atoms with van der Waals surface area (Å²) in [5, 5.41) is 8.53. The van der Waals surface area contributed by atoms with Crippen molar-refractivity contribution in [2.45, 2.75) is 19.1 Å². The number of nitrogens with zero attached hydrogens (tertiary/aromatic N) is 3. The normalized spacial score (nSPS) is 12.0. The van der Waals surface area contributed by atoms with E-state index in [2.05, 4.69) is 14.8 Å². The van der Waals surface area contributed by atoms with Gasteiger partial charge < -0.3 is 0 Å². The molecule has 0 aliphatic heterocycles. The average molecular weight is 419 g/mol. The van der Waals surface area contributed by atoms with Crippen LogP contribution in [0.1, 0.15) is 16.8 Å². The van der Waals surface area contributed by atoms with Crippen LogP contribution >= 0.6 is 22.7 Å². The molecule has 0 radical (unpaired) electrons. The Morgan fingerprint density at radius 1 is 1.19 bits per heavy atom. The Bertz CT molecular complexity index is 1160. The number of benzene rings is 1. The van der Waals surface area contributed by atoms with Crippen LogP contribution in [0.5, 0.6) is 0 Å². The van der Waals surface area contributed by atoms with Gasteiger partial charge in [0.15, 0.2) is 5.82 Å². The summed E-state index contributed by atoms with van der Waals surface area (Å²) in [6.07, 6.45) is 0.556. The van der Waals surface area contributed by atoms with Crippen molar-refractivity contribution in [2.24, 2.45) is 0 Å². The van der Waals surface area contributed by atoms with E-state index in [1.807, 2.05) is 54.1 Å². The molecule has 0 fully saturated rings. The molecule has 0 atom stereocenters. The van der Waals surface area contributed by atoms with Gasteiger partial charge in [-0.25, -0.2) is 17.7 Å². The van der Waals surface area contributed by atoms with Crippen molar-refractivity contribution >= 4 is 37.7 Å². The molecule has 0 saturated carbocycles. The van der Waals surface area contributed by atoms with E-state index in [-0.39, 0.29) is 5.75 Å². The van der Waals surface area contributed by atoms with Gasteiger partial charge in [-0.3, -0.25) is 0 Å². The molecule has 3 heterocycles. The number of hydrogen-bond acceptors (Lipinski definition) is 6. The van der Waals surface area contributed by atoms with Gasteiger partial charge >= 0.3 is 0 Å². The summed E-state index contributed by atoms with van der Waals surface area (Å²) in [5.74, 6) is 0.692. The van der Waals surface area contributed by atoms with E-state index in [4.69, 9.17) is 0 Å². The first kappa shape index (κ1) is 18.3. The molecule has 6 nitrogen and oxygen atoms in total. The smallest absolute Gasteiger partial charge is 0.215 e. The van der Waals surface area contributed by atoms with E-state index < -0.39 is 10.0 Å². The first-order valence-corrected chi connectivity index (χ1v) is 11.8. The standard InChI is InChI=1S/C18H18N4O2S3/c1-13-4-2-5-14(10-13)12-27(23,24)19-8-7-15-11-26-18-20-17(21-22(15)18)16-6-3-9-25-16/h2-6,9-11,19H,7-8,12H2,1H3. The van der Waals surface area contributed by atoms with Crippen LogP contribution in [0.15, 0.2) is 47.2 Å². The lowest BCUT2D eigenvalue weighted by atomic mass is 10.2. The summed E-state index contributed by atoms with van der Waals surface area (Å²) < 4.78 is 29.1. The lowest BCUT2D eigenvalue weighted by molar-refractivity contribution is 0.580. The van der Waals surface area contributed by atoms with Gasteiger partial charge in [-0.05, 0) is 23.9 Å². The van der Waals surface area contributed by atoms with Crippen LogP contribution in [0.25, 0.3) is 15.7 Å². The minimum absolute atomic E-state index is 0.0143. The molecule has 27 heavy (non-hydrogen) atoms. The van der Waals surface area contributed by atoms with Gasteiger partial charge in [0.05, 0.1) is 16.3 Å². The molecule has 0 bridgehead atoms. The molecule has 140 valence electrons. The third-order valence-corrected chi connectivity index (χ3v) is 7.12. The Labute approximate surface area is 165 Å². The lowest BCUT2D eigenvalue weighted by Crippen LogP contribution is -2.27. The number of thiophene rings is 1. The minimum Gasteiger partial charge on any atom is -0.215 e. The maximum atomic E-state index is 12.3. The zero-order chi connectivity index (χ0) is 18.9. The summed E-state index contributed by atoms with van der Waals surface area (Å²) in [5.41, 5.74) is 2.79. The zero-order valence-corrected chi connectivity index (χ0v) is 17.1. The molecular formula is C18H18N4O2S3. The number of sulfonamides is 1. The highest BCUT2D eigenvalue weighted by atomic mass is 32.2. The van der Waals surface area contributed by atoms with Gasteiger partial charge in [-0.2, -0.15) is 4.98 Å². The van der Waals surface area contributed by atoms with Crippen LogP contribution in [-0.2, 0) is 22.2 Å². The Morgan fingerprint density at radius 2 is 2.07 bits per heavy atom. The number of nitrogens with one attached hydrogen (secondary N) is 1. The summed E-state index contributed by atoms with van der Waals surface area (Å²) >= 11 is 3.11. The van der Waals surface area contributed by atoms with Crippen LogP contribution in [0, 0.1) is 6.92 Å². The highest BCUT2D eigenvalue weighted by Crippen LogP contribution is 2.24. The first-order valence-electron chi connectivity index (χ1n) is 8.40. The predicted octanol–water partition coefficient (Wildman–Crippen LogP) is 3.49. The van der Waals surface area contributed by atoms with Crippen molar-refractivity contribution in [3.8, 4) is 10.7 Å². The monoisotopic (exact) mass is 418 g/mol. The maximum absolute atomic E-state index is 12.3. The van der Waals surface area contributed by atoms with Crippen LogP contribution in [-0.4, -0.2) is 29.6 Å². The highest BCUT2D eigenvalue weighted by molar-refractivity contribution is 7.88. The van der Waals surface area contributed by atoms with Crippen LogP contribution in [0.2, 0.25) is 0 Å². The number of hydrogen-bond donors (Lipinski definition) is 1. The van der Waals surface area contributed by atoms with E-state index in [1.54, 1.807) is 15.9 Å². The second kappa shape index (κ2) is 7.51. The quantitative estimate of drug-likeness (QED) is 0.498. The van der Waals surface area contributed by atoms with Crippen molar-refractivity contribution in [1.82, 2.24) is 19.3 Å². The van der Waals surface area contributed by atoms with Crippen molar-refractivity contribution in [3.05, 3.63) is 64.0 Å². The predicted molar refractivity (Wildman–Crippen MR) is 110 cm³/mol. The fraction of sp³-hybridized carbons (Fsp3) is 0.222. The third-order valence-electron chi connectivity index (χ3n) is 4.03. The Kier molecular flexibility index (Phi) is 5.09. The molecule has 4 rings (SSSR count). The molecular weight excluding hydrogens is 400 g/mol. The summed E-state index contributed by atoms with van der Waals surface area (Å²) in [4.78, 5) is 6.38. The van der Waals surface area contributed by atoms with E-state index in [9.17, 15) is 8.42 Å². The fourth-order valence-corrected chi connectivity index (χ4v) is 5.46. The minimum atomic E-state index is -3.38. The molecule has 0 saturated heterocycles. The maximum Gasteiger partial charge on any atom is 0.215 e. The third kappa shape index (κ3) is 4.27. The molecule has 1 N–H and O–H groups in total. The van der Waals surface area contributed by atoms with E-state index in [0.717, 1.165) is 26.7 Å². The highest BCUT2D eigenvalue weighted by Gasteiger charge is 2.14. The molecule has 0 unspecified atom stereocenters. The van der Waals surface area contributed by atoms with E-state index >= 15 is 0 Å². The average Bonchev–Trinajstić information content (AvgIpc) is 3.31. The van der Waals surface area contributed by atoms with Crippen molar-refractivity contribution in [1.29, 1.82) is 0 Å². The summed E-state index contributed by atoms with van der Waals surface area (Å²) in [6.45, 7) is 2.28. The Hall–Kier alpha value is -2.07. The lowest BCUT2D eigenvalue weighted by Gasteiger charge is -2.07. The molecule has 0 aliphatic carbocycles. The van der Waals surface area contributed by atoms with Gasteiger partial charge in [-0.15, -0.1) is 27.8 Å². The van der Waals surface area contributed by atoms with E-state index in [1.165, 1.54) is 11.3 Å². The molecule has 4 aromatic rings. The summed E-state index contributed by atoms with van der Waals surface area (Å²) in [6, 6.07) is 11.5. The van der Waals surface area contributed by atoms with Gasteiger partial charge in [0, 0.05) is 18.3 Å². The van der Waals surface area contributed by atoms with Gasteiger partial charge in [0.25, 0.3) is 0 Å². The van der Waals surface area contributed by atoms with Crippen molar-refractivity contribution < 1.29 is 8.42 Å². The molecule has 9 heteroatoms.